The Morgan fingerprint density at radius 2 is 1.83 bits per heavy atom. The fourth-order valence-corrected chi connectivity index (χ4v) is 2.88. The molecule has 0 bridgehead atoms. The zero-order valence-electron chi connectivity index (χ0n) is 15.5. The molecule has 5 nitrogen and oxygen atoms in total. The highest BCUT2D eigenvalue weighted by Gasteiger charge is 2.22. The van der Waals surface area contributed by atoms with Crippen molar-refractivity contribution in [3.8, 4) is 5.75 Å². The Bertz CT molecular complexity index is 536. The van der Waals surface area contributed by atoms with Crippen LogP contribution in [0.4, 0.5) is 5.69 Å². The summed E-state index contributed by atoms with van der Waals surface area (Å²) in [6.45, 7) is 9.37. The Morgan fingerprint density at radius 3 is 2.33 bits per heavy atom. The molecule has 0 unspecified atom stereocenters. The molecule has 0 aromatic heterocycles. The smallest absolute Gasteiger partial charge is 0.193 e. The van der Waals surface area contributed by atoms with Gasteiger partial charge in [-0.1, -0.05) is 0 Å². The standard InChI is InChI=1S/C18H30N4OS/c1-18(2,24-5)14-20-17(19-3)22-12-10-21(11-13-22)15-6-8-16(23-4)9-7-15/h6-9H,10-14H2,1-5H3,(H,19,20). The lowest BCUT2D eigenvalue weighted by atomic mass is 10.2. The van der Waals surface area contributed by atoms with Crippen LogP contribution in [0.2, 0.25) is 0 Å². The summed E-state index contributed by atoms with van der Waals surface area (Å²) in [5.74, 6) is 1.91. The summed E-state index contributed by atoms with van der Waals surface area (Å²) in [5.41, 5.74) is 1.25. The molecule has 1 aliphatic rings. The topological polar surface area (TPSA) is 40.1 Å². The lowest BCUT2D eigenvalue weighted by Crippen LogP contribution is -2.54. The van der Waals surface area contributed by atoms with Crippen LogP contribution in [0.1, 0.15) is 13.8 Å². The molecule has 0 spiro atoms. The van der Waals surface area contributed by atoms with Gasteiger partial charge in [-0.25, -0.2) is 0 Å². The van der Waals surface area contributed by atoms with Crippen LogP contribution < -0.4 is 15.0 Å². The minimum atomic E-state index is 0.209. The highest BCUT2D eigenvalue weighted by Crippen LogP contribution is 2.21. The summed E-state index contributed by atoms with van der Waals surface area (Å²) in [7, 11) is 3.56. The first-order chi connectivity index (χ1) is 11.5. The number of hydrogen-bond donors (Lipinski definition) is 1. The number of methoxy groups -OCH3 is 1. The first-order valence-electron chi connectivity index (χ1n) is 8.39. The van der Waals surface area contributed by atoms with Crippen LogP contribution in [0.3, 0.4) is 0 Å². The van der Waals surface area contributed by atoms with Crippen molar-refractivity contribution in [2.75, 3.05) is 58.0 Å². The van der Waals surface area contributed by atoms with Gasteiger partial charge < -0.3 is 19.9 Å². The Kier molecular flexibility index (Phi) is 6.66. The highest BCUT2D eigenvalue weighted by molar-refractivity contribution is 7.99. The number of rotatable bonds is 5. The Labute approximate surface area is 150 Å². The number of thioether (sulfide) groups is 1. The fourth-order valence-electron chi connectivity index (χ4n) is 2.67. The summed E-state index contributed by atoms with van der Waals surface area (Å²) < 4.78 is 5.44. The van der Waals surface area contributed by atoms with E-state index in [0.29, 0.717) is 0 Å². The van der Waals surface area contributed by atoms with Gasteiger partial charge >= 0.3 is 0 Å². The Hall–Kier alpha value is -1.56. The summed E-state index contributed by atoms with van der Waals surface area (Å²) in [6.07, 6.45) is 2.15. The van der Waals surface area contributed by atoms with E-state index in [0.717, 1.165) is 44.4 Å². The van der Waals surface area contributed by atoms with Gasteiger partial charge in [0.1, 0.15) is 5.75 Å². The second-order valence-corrected chi connectivity index (χ2v) is 8.05. The molecular weight excluding hydrogens is 320 g/mol. The molecule has 134 valence electrons. The van der Waals surface area contributed by atoms with E-state index in [2.05, 4.69) is 52.3 Å². The van der Waals surface area contributed by atoms with Crippen LogP contribution in [0, 0.1) is 0 Å². The second kappa shape index (κ2) is 8.51. The van der Waals surface area contributed by atoms with Gasteiger partial charge in [-0.2, -0.15) is 11.8 Å². The minimum Gasteiger partial charge on any atom is -0.497 e. The number of ether oxygens (including phenoxy) is 1. The molecule has 1 saturated heterocycles. The number of nitrogens with one attached hydrogen (secondary N) is 1. The minimum absolute atomic E-state index is 0.209. The summed E-state index contributed by atoms with van der Waals surface area (Å²) in [6, 6.07) is 8.30. The van der Waals surface area contributed by atoms with Crippen LogP contribution in [0.25, 0.3) is 0 Å². The SMILES string of the molecule is CN=C(NCC(C)(C)SC)N1CCN(c2ccc(OC)cc2)CC1. The Balaban J connectivity index is 1.88. The first kappa shape index (κ1) is 18.8. The maximum absolute atomic E-state index is 5.23. The van der Waals surface area contributed by atoms with Gasteiger partial charge in [0.05, 0.1) is 7.11 Å². The predicted molar refractivity (Wildman–Crippen MR) is 106 cm³/mol. The molecular formula is C18H30N4OS. The molecule has 6 heteroatoms. The summed E-state index contributed by atoms with van der Waals surface area (Å²) in [4.78, 5) is 9.21. The number of nitrogens with zero attached hydrogens (tertiary/aromatic N) is 3. The fraction of sp³-hybridized carbons (Fsp3) is 0.611. The van der Waals surface area contributed by atoms with Crippen LogP contribution >= 0.6 is 11.8 Å². The van der Waals surface area contributed by atoms with Crippen molar-refractivity contribution in [1.82, 2.24) is 10.2 Å². The van der Waals surface area contributed by atoms with E-state index >= 15 is 0 Å². The van der Waals surface area contributed by atoms with Gasteiger partial charge in [-0.05, 0) is 44.4 Å². The zero-order valence-corrected chi connectivity index (χ0v) is 16.3. The number of aliphatic imine (C=N–C) groups is 1. The van der Waals surface area contributed by atoms with Crippen molar-refractivity contribution in [3.05, 3.63) is 24.3 Å². The molecule has 1 heterocycles. The largest absolute Gasteiger partial charge is 0.497 e. The van der Waals surface area contributed by atoms with Gasteiger partial charge in [0.2, 0.25) is 0 Å². The van der Waals surface area contributed by atoms with Gasteiger partial charge in [0.25, 0.3) is 0 Å². The monoisotopic (exact) mass is 350 g/mol. The van der Waals surface area contributed by atoms with E-state index in [1.807, 2.05) is 30.9 Å². The summed E-state index contributed by atoms with van der Waals surface area (Å²) in [5, 5.41) is 3.52. The number of anilines is 1. The number of hydrogen-bond acceptors (Lipinski definition) is 4. The molecule has 0 radical (unpaired) electrons. The Morgan fingerprint density at radius 1 is 1.21 bits per heavy atom. The van der Waals surface area contributed by atoms with Crippen molar-refractivity contribution in [2.24, 2.45) is 4.99 Å². The van der Waals surface area contributed by atoms with Gasteiger partial charge in [0.15, 0.2) is 5.96 Å². The lowest BCUT2D eigenvalue weighted by Gasteiger charge is -2.38. The van der Waals surface area contributed by atoms with Crippen LogP contribution in [-0.2, 0) is 0 Å². The number of piperazine rings is 1. The average molecular weight is 351 g/mol. The van der Waals surface area contributed by atoms with Crippen LogP contribution in [0.5, 0.6) is 5.75 Å². The molecule has 2 rings (SSSR count). The second-order valence-electron chi connectivity index (χ2n) is 6.54. The van der Waals surface area contributed by atoms with E-state index < -0.39 is 0 Å². The molecule has 1 aromatic rings. The maximum Gasteiger partial charge on any atom is 0.193 e. The van der Waals surface area contributed by atoms with Gasteiger partial charge in [-0.3, -0.25) is 4.99 Å². The predicted octanol–water partition coefficient (Wildman–Crippen LogP) is 2.53. The normalized spacial score (nSPS) is 16.3. The van der Waals surface area contributed by atoms with Crippen LogP contribution in [0.15, 0.2) is 29.3 Å². The molecule has 1 N–H and O–H groups in total. The third kappa shape index (κ3) is 4.97. The zero-order chi connectivity index (χ0) is 17.6. The van der Waals surface area contributed by atoms with E-state index in [9.17, 15) is 0 Å². The summed E-state index contributed by atoms with van der Waals surface area (Å²) >= 11 is 1.87. The first-order valence-corrected chi connectivity index (χ1v) is 9.61. The third-order valence-electron chi connectivity index (χ3n) is 4.45. The quantitative estimate of drug-likeness (QED) is 0.653. The third-order valence-corrected chi connectivity index (χ3v) is 5.70. The van der Waals surface area contributed by atoms with Crippen molar-refractivity contribution < 1.29 is 4.74 Å². The molecule has 24 heavy (non-hydrogen) atoms. The van der Waals surface area contributed by atoms with Gasteiger partial charge in [0, 0.05) is 50.2 Å². The number of guanidine groups is 1. The van der Waals surface area contributed by atoms with Crippen molar-refractivity contribution in [3.63, 3.8) is 0 Å². The number of benzene rings is 1. The highest BCUT2D eigenvalue weighted by atomic mass is 32.2. The van der Waals surface area contributed by atoms with E-state index in [1.54, 1.807) is 7.11 Å². The average Bonchev–Trinajstić information content (AvgIpc) is 2.63. The van der Waals surface area contributed by atoms with E-state index in [1.165, 1.54) is 5.69 Å². The lowest BCUT2D eigenvalue weighted by molar-refractivity contribution is 0.371. The molecule has 1 aromatic carbocycles. The maximum atomic E-state index is 5.23. The molecule has 0 aliphatic carbocycles. The van der Waals surface area contributed by atoms with Crippen molar-refractivity contribution >= 4 is 23.4 Å². The van der Waals surface area contributed by atoms with E-state index in [4.69, 9.17) is 4.74 Å². The molecule has 1 fully saturated rings. The van der Waals surface area contributed by atoms with Gasteiger partial charge in [-0.15, -0.1) is 0 Å². The van der Waals surface area contributed by atoms with E-state index in [-0.39, 0.29) is 4.75 Å². The van der Waals surface area contributed by atoms with Crippen molar-refractivity contribution in [2.45, 2.75) is 18.6 Å². The van der Waals surface area contributed by atoms with Crippen LogP contribution in [-0.4, -0.2) is 68.7 Å². The molecule has 1 aliphatic heterocycles. The molecule has 0 saturated carbocycles. The van der Waals surface area contributed by atoms with Crippen molar-refractivity contribution in [1.29, 1.82) is 0 Å². The molecule has 0 amide bonds. The molecule has 0 atom stereocenters.